The van der Waals surface area contributed by atoms with Crippen molar-refractivity contribution in [3.8, 4) is 11.5 Å². The van der Waals surface area contributed by atoms with E-state index in [0.29, 0.717) is 23.5 Å². The highest BCUT2D eigenvalue weighted by molar-refractivity contribution is 6.05. The first-order valence-electron chi connectivity index (χ1n) is 10.5. The molecule has 3 aromatic carbocycles. The third-order valence-corrected chi connectivity index (χ3v) is 5.65. The van der Waals surface area contributed by atoms with Gasteiger partial charge in [-0.1, -0.05) is 30.3 Å². The molecule has 32 heavy (non-hydrogen) atoms. The van der Waals surface area contributed by atoms with Gasteiger partial charge in [0.05, 0.1) is 26.0 Å². The van der Waals surface area contributed by atoms with Crippen LogP contribution in [0.15, 0.2) is 77.9 Å². The zero-order valence-electron chi connectivity index (χ0n) is 18.8. The normalized spacial score (nSPS) is 15.3. The number of ether oxygens (including phenoxy) is 2. The van der Waals surface area contributed by atoms with Crippen LogP contribution in [0.4, 0.5) is 5.69 Å². The summed E-state index contributed by atoms with van der Waals surface area (Å²) in [6, 6.07) is 23.0. The topological polar surface area (TPSA) is 54.4 Å². The maximum absolute atomic E-state index is 13.4. The first kappa shape index (κ1) is 21.4. The Morgan fingerprint density at radius 3 is 2.25 bits per heavy atom. The van der Waals surface area contributed by atoms with Crippen molar-refractivity contribution in [3.05, 3.63) is 89.5 Å². The minimum atomic E-state index is -0.193. The van der Waals surface area contributed by atoms with Gasteiger partial charge in [-0.2, -0.15) is 5.10 Å². The fraction of sp³-hybridized carbons (Fsp3) is 0.231. The van der Waals surface area contributed by atoms with Crippen molar-refractivity contribution >= 4 is 17.3 Å². The number of rotatable bonds is 6. The Morgan fingerprint density at radius 2 is 1.62 bits per heavy atom. The Morgan fingerprint density at radius 1 is 0.938 bits per heavy atom. The van der Waals surface area contributed by atoms with E-state index in [1.807, 2.05) is 62.6 Å². The van der Waals surface area contributed by atoms with E-state index in [1.54, 1.807) is 19.2 Å². The molecule has 0 N–H and O–H groups in total. The maximum Gasteiger partial charge on any atom is 0.274 e. The van der Waals surface area contributed by atoms with Crippen molar-refractivity contribution in [3.63, 3.8) is 0 Å². The van der Waals surface area contributed by atoms with Crippen molar-refractivity contribution in [2.24, 2.45) is 5.10 Å². The van der Waals surface area contributed by atoms with Crippen molar-refractivity contribution in [2.45, 2.75) is 12.5 Å². The Kier molecular flexibility index (Phi) is 6.12. The van der Waals surface area contributed by atoms with Crippen LogP contribution in [0.1, 0.15) is 33.9 Å². The smallest absolute Gasteiger partial charge is 0.274 e. The van der Waals surface area contributed by atoms with Crippen molar-refractivity contribution in [2.75, 3.05) is 33.2 Å². The van der Waals surface area contributed by atoms with E-state index in [4.69, 9.17) is 14.6 Å². The fourth-order valence-corrected chi connectivity index (χ4v) is 3.86. The molecule has 6 nitrogen and oxygen atoms in total. The lowest BCUT2D eigenvalue weighted by Gasteiger charge is -2.23. The Labute approximate surface area is 188 Å². The summed E-state index contributed by atoms with van der Waals surface area (Å²) in [5.74, 6) is 1.16. The lowest BCUT2D eigenvalue weighted by atomic mass is 9.97. The van der Waals surface area contributed by atoms with Crippen LogP contribution < -0.4 is 14.4 Å². The molecule has 1 amide bonds. The number of nitrogens with zero attached hydrogens (tertiary/aromatic N) is 3. The van der Waals surface area contributed by atoms with Crippen LogP contribution >= 0.6 is 0 Å². The number of carbonyl (C=O) groups excluding carboxylic acids is 1. The van der Waals surface area contributed by atoms with E-state index in [1.165, 1.54) is 0 Å². The molecule has 3 aromatic rings. The molecule has 1 aliphatic heterocycles. The van der Waals surface area contributed by atoms with Gasteiger partial charge in [-0.05, 0) is 48.0 Å². The molecular weight excluding hydrogens is 402 g/mol. The summed E-state index contributed by atoms with van der Waals surface area (Å²) in [6.07, 6.45) is 0.607. The van der Waals surface area contributed by atoms with Gasteiger partial charge in [0.25, 0.3) is 5.91 Å². The summed E-state index contributed by atoms with van der Waals surface area (Å²) in [7, 11) is 7.24. The maximum atomic E-state index is 13.4. The molecule has 1 heterocycles. The zero-order chi connectivity index (χ0) is 22.7. The second-order valence-electron chi connectivity index (χ2n) is 7.84. The lowest BCUT2D eigenvalue weighted by molar-refractivity contribution is 0.0711. The average molecular weight is 430 g/mol. The minimum absolute atomic E-state index is 0.122. The van der Waals surface area contributed by atoms with Crippen molar-refractivity contribution in [1.29, 1.82) is 0 Å². The first-order valence-corrected chi connectivity index (χ1v) is 10.5. The predicted octanol–water partition coefficient (Wildman–Crippen LogP) is 4.76. The second kappa shape index (κ2) is 9.14. The van der Waals surface area contributed by atoms with Gasteiger partial charge in [0.2, 0.25) is 0 Å². The average Bonchev–Trinajstić information content (AvgIpc) is 3.29. The van der Waals surface area contributed by atoms with Gasteiger partial charge >= 0.3 is 0 Å². The van der Waals surface area contributed by atoms with E-state index < -0.39 is 0 Å². The molecule has 0 saturated carbocycles. The van der Waals surface area contributed by atoms with Crippen LogP contribution in [0.3, 0.4) is 0 Å². The molecule has 0 aromatic heterocycles. The molecule has 1 aliphatic rings. The SMILES string of the molecule is COc1ccc(C2=NN(C(=O)c3ccccc3)[C@@H](c3ccc(N(C)C)cc3)C2)cc1OC. The van der Waals surface area contributed by atoms with Crippen LogP contribution in [0.25, 0.3) is 0 Å². The summed E-state index contributed by atoms with van der Waals surface area (Å²) in [4.78, 5) is 15.4. The first-order chi connectivity index (χ1) is 15.5. The number of hydrazone groups is 1. The molecular formula is C26H27N3O3. The van der Waals surface area contributed by atoms with E-state index >= 15 is 0 Å². The van der Waals surface area contributed by atoms with Gasteiger partial charge in [-0.3, -0.25) is 4.79 Å². The quantitative estimate of drug-likeness (QED) is 0.567. The van der Waals surface area contributed by atoms with Crippen molar-refractivity contribution < 1.29 is 14.3 Å². The molecule has 6 heteroatoms. The van der Waals surface area contributed by atoms with Crippen LogP contribution in [0, 0.1) is 0 Å². The van der Waals surface area contributed by atoms with Crippen LogP contribution in [0.2, 0.25) is 0 Å². The van der Waals surface area contributed by atoms with Gasteiger partial charge in [-0.25, -0.2) is 5.01 Å². The van der Waals surface area contributed by atoms with Crippen LogP contribution in [-0.4, -0.2) is 44.9 Å². The van der Waals surface area contributed by atoms with Gasteiger partial charge in [-0.15, -0.1) is 0 Å². The highest BCUT2D eigenvalue weighted by Gasteiger charge is 2.34. The predicted molar refractivity (Wildman–Crippen MR) is 127 cm³/mol. The van der Waals surface area contributed by atoms with Gasteiger partial charge in [0.1, 0.15) is 0 Å². The van der Waals surface area contributed by atoms with E-state index in [2.05, 4.69) is 29.2 Å². The molecule has 164 valence electrons. The molecule has 0 aliphatic carbocycles. The van der Waals surface area contributed by atoms with Crippen LogP contribution in [-0.2, 0) is 0 Å². The molecule has 4 rings (SSSR count). The summed E-state index contributed by atoms with van der Waals surface area (Å²) < 4.78 is 10.8. The molecule has 0 fully saturated rings. The van der Waals surface area contributed by atoms with Crippen LogP contribution in [0.5, 0.6) is 11.5 Å². The van der Waals surface area contributed by atoms with E-state index in [-0.39, 0.29) is 11.9 Å². The second-order valence-corrected chi connectivity index (χ2v) is 7.84. The molecule has 1 atom stereocenters. The summed E-state index contributed by atoms with van der Waals surface area (Å²) in [5, 5.41) is 6.38. The molecule has 0 bridgehead atoms. The zero-order valence-corrected chi connectivity index (χ0v) is 18.8. The Balaban J connectivity index is 1.72. The van der Waals surface area contributed by atoms with Gasteiger partial charge in [0, 0.05) is 37.3 Å². The van der Waals surface area contributed by atoms with Gasteiger partial charge in [0.15, 0.2) is 11.5 Å². The monoisotopic (exact) mass is 429 g/mol. The third-order valence-electron chi connectivity index (χ3n) is 5.65. The number of methoxy groups -OCH3 is 2. The summed E-state index contributed by atoms with van der Waals surface area (Å²) >= 11 is 0. The standard InChI is InChI=1S/C26H27N3O3/c1-28(2)21-13-10-18(11-14-21)23-17-22(20-12-15-24(31-3)25(16-20)32-4)27-29(23)26(30)19-8-6-5-7-9-19/h5-16,23H,17H2,1-4H3/t23-/m1/s1. The summed E-state index contributed by atoms with van der Waals surface area (Å²) in [5.41, 5.74) is 4.49. The third kappa shape index (κ3) is 4.17. The number of anilines is 1. The minimum Gasteiger partial charge on any atom is -0.493 e. The molecule has 0 radical (unpaired) electrons. The fourth-order valence-electron chi connectivity index (χ4n) is 3.86. The molecule has 0 spiro atoms. The molecule has 0 saturated heterocycles. The van der Waals surface area contributed by atoms with E-state index in [9.17, 15) is 4.79 Å². The highest BCUT2D eigenvalue weighted by Crippen LogP contribution is 2.36. The summed E-state index contributed by atoms with van der Waals surface area (Å²) in [6.45, 7) is 0. The molecule has 0 unspecified atom stereocenters. The Bertz CT molecular complexity index is 1120. The lowest BCUT2D eigenvalue weighted by Crippen LogP contribution is -2.27. The number of benzene rings is 3. The highest BCUT2D eigenvalue weighted by atomic mass is 16.5. The van der Waals surface area contributed by atoms with Gasteiger partial charge < -0.3 is 14.4 Å². The van der Waals surface area contributed by atoms with E-state index in [0.717, 1.165) is 22.5 Å². The number of amides is 1. The Hall–Kier alpha value is -3.80. The number of hydrogen-bond donors (Lipinski definition) is 0. The number of hydrogen-bond acceptors (Lipinski definition) is 5. The number of carbonyl (C=O) groups is 1. The van der Waals surface area contributed by atoms with Crippen molar-refractivity contribution in [1.82, 2.24) is 5.01 Å². The largest absolute Gasteiger partial charge is 0.493 e.